The third kappa shape index (κ3) is 2.92. The standard InChI is InChI=1S/C13H18O5/c1-8-5-11(18-4)9(6-10(8)17-3)13(2,16)7-12(14)15/h5-6,16H,7H2,1-4H3,(H,14,15). The first-order chi connectivity index (χ1) is 8.31. The first-order valence-corrected chi connectivity index (χ1v) is 5.49. The van der Waals surface area contributed by atoms with E-state index in [-0.39, 0.29) is 0 Å². The van der Waals surface area contributed by atoms with Gasteiger partial charge < -0.3 is 19.7 Å². The number of benzene rings is 1. The molecule has 0 aliphatic heterocycles. The summed E-state index contributed by atoms with van der Waals surface area (Å²) in [6.45, 7) is 3.28. The predicted molar refractivity (Wildman–Crippen MR) is 66.1 cm³/mol. The van der Waals surface area contributed by atoms with Gasteiger partial charge in [0, 0.05) is 5.56 Å². The van der Waals surface area contributed by atoms with Gasteiger partial charge in [-0.05, 0) is 31.5 Å². The number of aryl methyl sites for hydroxylation is 1. The molecule has 0 aromatic heterocycles. The van der Waals surface area contributed by atoms with Gasteiger partial charge in [0.05, 0.1) is 20.6 Å². The summed E-state index contributed by atoms with van der Waals surface area (Å²) in [4.78, 5) is 10.8. The Kier molecular flexibility index (Phi) is 4.19. The zero-order valence-corrected chi connectivity index (χ0v) is 11.0. The highest BCUT2D eigenvalue weighted by molar-refractivity contribution is 5.69. The summed E-state index contributed by atoms with van der Waals surface area (Å²) < 4.78 is 10.4. The van der Waals surface area contributed by atoms with Crippen LogP contribution in [0.4, 0.5) is 0 Å². The van der Waals surface area contributed by atoms with Crippen molar-refractivity contribution >= 4 is 5.97 Å². The number of carboxylic acid groups (broad SMARTS) is 1. The number of carbonyl (C=O) groups is 1. The number of aliphatic hydroxyl groups is 1. The van der Waals surface area contributed by atoms with Crippen molar-refractivity contribution in [1.82, 2.24) is 0 Å². The Hall–Kier alpha value is -1.75. The topological polar surface area (TPSA) is 76.0 Å². The molecule has 0 aliphatic rings. The number of rotatable bonds is 5. The van der Waals surface area contributed by atoms with Crippen molar-refractivity contribution in [2.75, 3.05) is 14.2 Å². The number of carboxylic acids is 1. The number of hydrogen-bond acceptors (Lipinski definition) is 4. The van der Waals surface area contributed by atoms with E-state index in [0.717, 1.165) is 5.56 Å². The van der Waals surface area contributed by atoms with Gasteiger partial charge in [0.15, 0.2) is 0 Å². The van der Waals surface area contributed by atoms with Crippen LogP contribution in [0.3, 0.4) is 0 Å². The highest BCUT2D eigenvalue weighted by atomic mass is 16.5. The molecule has 1 unspecified atom stereocenters. The molecule has 0 bridgehead atoms. The van der Waals surface area contributed by atoms with Crippen LogP contribution < -0.4 is 9.47 Å². The molecule has 0 aliphatic carbocycles. The summed E-state index contributed by atoms with van der Waals surface area (Å²) in [7, 11) is 2.99. The Morgan fingerprint density at radius 2 is 1.83 bits per heavy atom. The molecule has 1 aromatic carbocycles. The Balaban J connectivity index is 3.32. The molecule has 0 saturated heterocycles. The van der Waals surface area contributed by atoms with Crippen molar-refractivity contribution in [3.05, 3.63) is 23.3 Å². The van der Waals surface area contributed by atoms with Crippen molar-refractivity contribution in [2.24, 2.45) is 0 Å². The first kappa shape index (κ1) is 14.3. The lowest BCUT2D eigenvalue weighted by Crippen LogP contribution is -2.26. The van der Waals surface area contributed by atoms with Crippen LogP contribution in [0.2, 0.25) is 0 Å². The van der Waals surface area contributed by atoms with Gasteiger partial charge in [-0.25, -0.2) is 0 Å². The average molecular weight is 254 g/mol. The fraction of sp³-hybridized carbons (Fsp3) is 0.462. The molecule has 5 nitrogen and oxygen atoms in total. The van der Waals surface area contributed by atoms with Gasteiger partial charge in [-0.1, -0.05) is 0 Å². The van der Waals surface area contributed by atoms with Crippen LogP contribution in [0, 0.1) is 6.92 Å². The molecule has 2 N–H and O–H groups in total. The largest absolute Gasteiger partial charge is 0.496 e. The second-order valence-electron chi connectivity index (χ2n) is 4.37. The quantitative estimate of drug-likeness (QED) is 0.836. The molecule has 0 fully saturated rings. The molecule has 5 heteroatoms. The van der Waals surface area contributed by atoms with Crippen molar-refractivity contribution < 1.29 is 24.5 Å². The second-order valence-corrected chi connectivity index (χ2v) is 4.37. The van der Waals surface area contributed by atoms with Crippen LogP contribution in [0.25, 0.3) is 0 Å². The summed E-state index contributed by atoms with van der Waals surface area (Å²) in [5.41, 5.74) is -0.267. The molecule has 0 radical (unpaired) electrons. The van der Waals surface area contributed by atoms with Gasteiger partial charge in [-0.3, -0.25) is 4.79 Å². The lowest BCUT2D eigenvalue weighted by molar-refractivity contribution is -0.142. The Labute approximate surface area is 106 Å². The molecule has 18 heavy (non-hydrogen) atoms. The summed E-state index contributed by atoms with van der Waals surface area (Å²) in [6, 6.07) is 3.32. The maximum atomic E-state index is 10.8. The summed E-state index contributed by atoms with van der Waals surface area (Å²) in [5.74, 6) is -0.0578. The fourth-order valence-corrected chi connectivity index (χ4v) is 1.86. The van der Waals surface area contributed by atoms with E-state index in [1.165, 1.54) is 21.1 Å². The van der Waals surface area contributed by atoms with E-state index in [4.69, 9.17) is 14.6 Å². The van der Waals surface area contributed by atoms with E-state index in [1.54, 1.807) is 12.1 Å². The lowest BCUT2D eigenvalue weighted by Gasteiger charge is -2.25. The van der Waals surface area contributed by atoms with Gasteiger partial charge in [0.2, 0.25) is 0 Å². The van der Waals surface area contributed by atoms with Gasteiger partial charge in [-0.15, -0.1) is 0 Å². The van der Waals surface area contributed by atoms with Crippen molar-refractivity contribution in [1.29, 1.82) is 0 Å². The summed E-state index contributed by atoms with van der Waals surface area (Å²) in [6.07, 6.45) is -0.407. The molecule has 1 rings (SSSR count). The maximum absolute atomic E-state index is 10.8. The first-order valence-electron chi connectivity index (χ1n) is 5.49. The van der Waals surface area contributed by atoms with Crippen LogP contribution in [0.1, 0.15) is 24.5 Å². The number of aliphatic carboxylic acids is 1. The Morgan fingerprint density at radius 3 is 2.28 bits per heavy atom. The van der Waals surface area contributed by atoms with Gasteiger partial charge in [0.1, 0.15) is 17.1 Å². The average Bonchev–Trinajstić information content (AvgIpc) is 2.26. The zero-order valence-electron chi connectivity index (χ0n) is 11.0. The third-order valence-electron chi connectivity index (χ3n) is 2.79. The molecule has 100 valence electrons. The maximum Gasteiger partial charge on any atom is 0.306 e. The molecule has 0 spiro atoms. The van der Waals surface area contributed by atoms with Gasteiger partial charge in [-0.2, -0.15) is 0 Å². The van der Waals surface area contributed by atoms with Gasteiger partial charge >= 0.3 is 5.97 Å². The zero-order chi connectivity index (χ0) is 13.9. The summed E-state index contributed by atoms with van der Waals surface area (Å²) >= 11 is 0. The van der Waals surface area contributed by atoms with Crippen molar-refractivity contribution in [3.63, 3.8) is 0 Å². The monoisotopic (exact) mass is 254 g/mol. The normalized spacial score (nSPS) is 13.8. The van der Waals surface area contributed by atoms with Crippen LogP contribution >= 0.6 is 0 Å². The summed E-state index contributed by atoms with van der Waals surface area (Å²) in [5, 5.41) is 19.1. The molecule has 0 heterocycles. The Bertz CT molecular complexity index is 451. The smallest absolute Gasteiger partial charge is 0.306 e. The number of ether oxygens (including phenoxy) is 2. The lowest BCUT2D eigenvalue weighted by atomic mass is 9.90. The predicted octanol–water partition coefficient (Wildman–Crippen LogP) is 1.69. The highest BCUT2D eigenvalue weighted by Crippen LogP contribution is 2.37. The van der Waals surface area contributed by atoms with Crippen LogP contribution in [-0.4, -0.2) is 30.4 Å². The van der Waals surface area contributed by atoms with E-state index in [2.05, 4.69) is 0 Å². The number of methoxy groups -OCH3 is 2. The van der Waals surface area contributed by atoms with E-state index in [0.29, 0.717) is 17.1 Å². The van der Waals surface area contributed by atoms with Crippen LogP contribution in [0.5, 0.6) is 11.5 Å². The SMILES string of the molecule is COc1cc(C(C)(O)CC(=O)O)c(OC)cc1C. The minimum Gasteiger partial charge on any atom is -0.496 e. The van der Waals surface area contributed by atoms with E-state index in [9.17, 15) is 9.90 Å². The molecule has 0 saturated carbocycles. The van der Waals surface area contributed by atoms with E-state index >= 15 is 0 Å². The Morgan fingerprint density at radius 1 is 1.28 bits per heavy atom. The van der Waals surface area contributed by atoms with E-state index < -0.39 is 18.0 Å². The second kappa shape index (κ2) is 5.27. The van der Waals surface area contributed by atoms with Crippen molar-refractivity contribution in [3.8, 4) is 11.5 Å². The minimum atomic E-state index is -1.52. The minimum absolute atomic E-state index is 0.398. The van der Waals surface area contributed by atoms with Gasteiger partial charge in [0.25, 0.3) is 0 Å². The third-order valence-corrected chi connectivity index (χ3v) is 2.79. The molecular weight excluding hydrogens is 236 g/mol. The fourth-order valence-electron chi connectivity index (χ4n) is 1.86. The number of hydrogen-bond donors (Lipinski definition) is 2. The molecule has 0 amide bonds. The molecule has 1 aromatic rings. The molecular formula is C13H18O5. The van der Waals surface area contributed by atoms with Crippen LogP contribution in [0.15, 0.2) is 12.1 Å². The van der Waals surface area contributed by atoms with E-state index in [1.807, 2.05) is 6.92 Å². The molecule has 1 atom stereocenters. The van der Waals surface area contributed by atoms with Crippen molar-refractivity contribution in [2.45, 2.75) is 25.9 Å². The van der Waals surface area contributed by atoms with Crippen LogP contribution in [-0.2, 0) is 10.4 Å². The highest BCUT2D eigenvalue weighted by Gasteiger charge is 2.30.